The molecule has 0 radical (unpaired) electrons. The molecular formula is C19H26FN3O4. The second-order valence-corrected chi connectivity index (χ2v) is 6.99. The third kappa shape index (κ3) is 5.67. The zero-order chi connectivity index (χ0) is 20.0. The lowest BCUT2D eigenvalue weighted by Crippen LogP contribution is -2.42. The Morgan fingerprint density at radius 1 is 1.22 bits per heavy atom. The smallest absolute Gasteiger partial charge is 0.328 e. The van der Waals surface area contributed by atoms with Gasteiger partial charge in [-0.3, -0.25) is 4.79 Å². The fourth-order valence-electron chi connectivity index (χ4n) is 2.99. The number of amides is 3. The molecule has 3 amide bonds. The first-order chi connectivity index (χ1) is 12.8. The highest BCUT2D eigenvalue weighted by atomic mass is 19.1. The van der Waals surface area contributed by atoms with E-state index < -0.39 is 23.7 Å². The fourth-order valence-corrected chi connectivity index (χ4v) is 2.99. The number of nitrogens with one attached hydrogen (secondary N) is 2. The Morgan fingerprint density at radius 2 is 1.89 bits per heavy atom. The van der Waals surface area contributed by atoms with Crippen molar-refractivity contribution in [3.05, 3.63) is 29.6 Å². The largest absolute Gasteiger partial charge is 0.467 e. The molecule has 0 aliphatic carbocycles. The van der Waals surface area contributed by atoms with Crippen molar-refractivity contribution in [2.24, 2.45) is 5.92 Å². The fraction of sp³-hybridized carbons (Fsp3) is 0.526. The number of benzene rings is 1. The zero-order valence-corrected chi connectivity index (χ0v) is 15.9. The van der Waals surface area contributed by atoms with Gasteiger partial charge in [0.05, 0.1) is 18.4 Å². The Balaban J connectivity index is 2.19. The minimum atomic E-state index is -0.854. The molecule has 2 N–H and O–H groups in total. The molecule has 1 fully saturated rings. The summed E-state index contributed by atoms with van der Waals surface area (Å²) in [6, 6.07) is 2.36. The van der Waals surface area contributed by atoms with E-state index in [0.29, 0.717) is 19.5 Å². The first-order valence-electron chi connectivity index (χ1n) is 9.06. The van der Waals surface area contributed by atoms with Gasteiger partial charge in [-0.15, -0.1) is 0 Å². The maximum Gasteiger partial charge on any atom is 0.328 e. The molecule has 1 unspecified atom stereocenters. The van der Waals surface area contributed by atoms with E-state index in [4.69, 9.17) is 4.74 Å². The molecule has 148 valence electrons. The number of ether oxygens (including phenoxy) is 1. The second-order valence-electron chi connectivity index (χ2n) is 6.99. The summed E-state index contributed by atoms with van der Waals surface area (Å²) in [6.07, 6.45) is 2.24. The van der Waals surface area contributed by atoms with E-state index >= 15 is 0 Å². The molecule has 2 rings (SSSR count). The van der Waals surface area contributed by atoms with Crippen LogP contribution in [0, 0.1) is 11.7 Å². The number of methoxy groups -OCH3 is 1. The standard InChI is InChI=1S/C19H26FN3O4/c1-12(2)10-16(18(25)27-3)21-17(24)14-11-13(20)6-7-15(14)22-19(26)23-8-4-5-9-23/h6-7,11-12,16H,4-5,8-10H2,1-3H3,(H,21,24)(H,22,26). The van der Waals surface area contributed by atoms with Crippen molar-refractivity contribution in [3.63, 3.8) is 0 Å². The molecule has 1 saturated heterocycles. The van der Waals surface area contributed by atoms with Gasteiger partial charge in [0.1, 0.15) is 11.9 Å². The van der Waals surface area contributed by atoms with E-state index in [-0.39, 0.29) is 23.2 Å². The van der Waals surface area contributed by atoms with Crippen molar-refractivity contribution in [1.82, 2.24) is 10.2 Å². The quantitative estimate of drug-likeness (QED) is 0.744. The van der Waals surface area contributed by atoms with Gasteiger partial charge in [-0.1, -0.05) is 13.8 Å². The average Bonchev–Trinajstić information content (AvgIpc) is 3.16. The topological polar surface area (TPSA) is 87.7 Å². The average molecular weight is 379 g/mol. The number of anilines is 1. The van der Waals surface area contributed by atoms with Crippen LogP contribution in [0.15, 0.2) is 18.2 Å². The van der Waals surface area contributed by atoms with Crippen molar-refractivity contribution in [3.8, 4) is 0 Å². The number of carbonyl (C=O) groups excluding carboxylic acids is 3. The van der Waals surface area contributed by atoms with Crippen LogP contribution in [0.5, 0.6) is 0 Å². The van der Waals surface area contributed by atoms with Gasteiger partial charge in [0.25, 0.3) is 5.91 Å². The van der Waals surface area contributed by atoms with Crippen LogP contribution in [-0.2, 0) is 9.53 Å². The van der Waals surface area contributed by atoms with Gasteiger partial charge < -0.3 is 20.3 Å². The van der Waals surface area contributed by atoms with Crippen LogP contribution in [0.25, 0.3) is 0 Å². The van der Waals surface area contributed by atoms with Crippen LogP contribution >= 0.6 is 0 Å². The molecule has 1 heterocycles. The summed E-state index contributed by atoms with van der Waals surface area (Å²) in [7, 11) is 1.24. The summed E-state index contributed by atoms with van der Waals surface area (Å²) >= 11 is 0. The van der Waals surface area contributed by atoms with Crippen LogP contribution in [0.2, 0.25) is 0 Å². The highest BCUT2D eigenvalue weighted by Crippen LogP contribution is 2.20. The SMILES string of the molecule is COC(=O)C(CC(C)C)NC(=O)c1cc(F)ccc1NC(=O)N1CCCC1. The summed E-state index contributed by atoms with van der Waals surface area (Å²) in [6.45, 7) is 5.11. The molecule has 1 aromatic rings. The van der Waals surface area contributed by atoms with Gasteiger partial charge in [-0.25, -0.2) is 14.0 Å². The highest BCUT2D eigenvalue weighted by Gasteiger charge is 2.26. The maximum atomic E-state index is 13.7. The predicted molar refractivity (Wildman–Crippen MR) is 99.0 cm³/mol. The molecule has 0 spiro atoms. The Hall–Kier alpha value is -2.64. The van der Waals surface area contributed by atoms with Crippen LogP contribution < -0.4 is 10.6 Å². The summed E-state index contributed by atoms with van der Waals surface area (Å²) in [5, 5.41) is 5.24. The minimum absolute atomic E-state index is 0.0415. The Labute approximate surface area is 158 Å². The number of halogens is 1. The van der Waals surface area contributed by atoms with E-state index in [1.807, 2.05) is 13.8 Å². The zero-order valence-electron chi connectivity index (χ0n) is 15.9. The minimum Gasteiger partial charge on any atom is -0.467 e. The molecule has 0 aromatic heterocycles. The molecular weight excluding hydrogens is 353 g/mol. The Kier molecular flexibility index (Phi) is 7.15. The maximum absolute atomic E-state index is 13.7. The number of urea groups is 1. The van der Waals surface area contributed by atoms with Crippen molar-refractivity contribution >= 4 is 23.6 Å². The van der Waals surface area contributed by atoms with E-state index in [9.17, 15) is 18.8 Å². The molecule has 1 atom stereocenters. The van der Waals surface area contributed by atoms with Crippen molar-refractivity contribution < 1.29 is 23.5 Å². The molecule has 0 bridgehead atoms. The summed E-state index contributed by atoms with van der Waals surface area (Å²) in [5.74, 6) is -1.70. The molecule has 0 saturated carbocycles. The molecule has 7 nitrogen and oxygen atoms in total. The van der Waals surface area contributed by atoms with Crippen LogP contribution in [0.1, 0.15) is 43.5 Å². The molecule has 8 heteroatoms. The Bertz CT molecular complexity index is 702. The van der Waals surface area contributed by atoms with Gasteiger partial charge in [0.15, 0.2) is 0 Å². The van der Waals surface area contributed by atoms with E-state index in [2.05, 4.69) is 10.6 Å². The third-order valence-corrected chi connectivity index (χ3v) is 4.36. The number of carbonyl (C=O) groups is 3. The lowest BCUT2D eigenvalue weighted by Gasteiger charge is -2.20. The van der Waals surface area contributed by atoms with Crippen molar-refractivity contribution in [1.29, 1.82) is 0 Å². The van der Waals surface area contributed by atoms with Crippen molar-refractivity contribution in [2.45, 2.75) is 39.2 Å². The third-order valence-electron chi connectivity index (χ3n) is 4.36. The van der Waals surface area contributed by atoms with Gasteiger partial charge in [0.2, 0.25) is 0 Å². The second kappa shape index (κ2) is 9.34. The van der Waals surface area contributed by atoms with Gasteiger partial charge in [0, 0.05) is 13.1 Å². The number of esters is 1. The Morgan fingerprint density at radius 3 is 2.48 bits per heavy atom. The van der Waals surface area contributed by atoms with Crippen molar-refractivity contribution in [2.75, 3.05) is 25.5 Å². The monoisotopic (exact) mass is 379 g/mol. The van der Waals surface area contributed by atoms with Crippen LogP contribution in [0.4, 0.5) is 14.9 Å². The normalized spacial score (nSPS) is 14.8. The number of likely N-dealkylation sites (tertiary alicyclic amines) is 1. The molecule has 1 aliphatic heterocycles. The first kappa shape index (κ1) is 20.7. The van der Waals surface area contributed by atoms with Gasteiger partial charge >= 0.3 is 12.0 Å². The van der Waals surface area contributed by atoms with Gasteiger partial charge in [-0.05, 0) is 43.4 Å². The van der Waals surface area contributed by atoms with E-state index in [1.54, 1.807) is 4.90 Å². The number of hydrogen-bond acceptors (Lipinski definition) is 4. The summed E-state index contributed by atoms with van der Waals surface area (Å²) < 4.78 is 18.5. The number of rotatable bonds is 6. The van der Waals surface area contributed by atoms with E-state index in [0.717, 1.165) is 18.9 Å². The highest BCUT2D eigenvalue weighted by molar-refractivity contribution is 6.04. The van der Waals surface area contributed by atoms with Crippen LogP contribution in [0.3, 0.4) is 0 Å². The number of hydrogen-bond donors (Lipinski definition) is 2. The summed E-state index contributed by atoms with van der Waals surface area (Å²) in [5.41, 5.74) is 0.152. The summed E-state index contributed by atoms with van der Waals surface area (Å²) in [4.78, 5) is 38.6. The first-order valence-corrected chi connectivity index (χ1v) is 9.06. The number of nitrogens with zero attached hydrogens (tertiary/aromatic N) is 1. The predicted octanol–water partition coefficient (Wildman–Crippen LogP) is 2.77. The lowest BCUT2D eigenvalue weighted by atomic mass is 10.0. The molecule has 1 aromatic carbocycles. The van der Waals surface area contributed by atoms with Crippen LogP contribution in [-0.4, -0.2) is 49.0 Å². The molecule has 27 heavy (non-hydrogen) atoms. The van der Waals surface area contributed by atoms with Gasteiger partial charge in [-0.2, -0.15) is 0 Å². The molecule has 1 aliphatic rings. The lowest BCUT2D eigenvalue weighted by molar-refractivity contribution is -0.143. The van der Waals surface area contributed by atoms with E-state index in [1.165, 1.54) is 19.2 Å².